The maximum atomic E-state index is 14.1. The molecule has 0 saturated carbocycles. The molecule has 2 unspecified atom stereocenters. The number of hydrogen-bond acceptors (Lipinski definition) is 13. The monoisotopic (exact) mass is 1010 g/mol. The van der Waals surface area contributed by atoms with E-state index in [0.717, 1.165) is 87.7 Å². The number of hydrogen-bond donors (Lipinski definition) is 5. The Balaban J connectivity index is 1.02. The Labute approximate surface area is 423 Å². The van der Waals surface area contributed by atoms with Gasteiger partial charge in [0.2, 0.25) is 11.8 Å². The molecular formula is C53H72N8O10S. The lowest BCUT2D eigenvalue weighted by Gasteiger charge is -2.31. The number of amides is 3. The van der Waals surface area contributed by atoms with Gasteiger partial charge in [-0.3, -0.25) is 38.5 Å². The molecule has 1 saturated heterocycles. The summed E-state index contributed by atoms with van der Waals surface area (Å²) in [4.78, 5) is 54.2. The summed E-state index contributed by atoms with van der Waals surface area (Å²) in [6.45, 7) is 11.3. The van der Waals surface area contributed by atoms with Crippen molar-refractivity contribution in [2.45, 2.75) is 108 Å². The second kappa shape index (κ2) is 25.8. The Kier molecular flexibility index (Phi) is 19.7. The molecule has 0 radical (unpaired) electrons. The molecule has 1 fully saturated rings. The van der Waals surface area contributed by atoms with Crippen LogP contribution in [0.15, 0.2) is 100 Å². The number of allylic oxidation sites excluding steroid dienone is 3. The molecule has 0 spiro atoms. The number of unbranched alkanes of at least 4 members (excludes halogenated alkanes) is 6. The van der Waals surface area contributed by atoms with Crippen LogP contribution >= 0.6 is 0 Å². The lowest BCUT2D eigenvalue weighted by atomic mass is 10.0. The quantitative estimate of drug-likeness (QED) is 0.0169. The predicted octanol–water partition coefficient (Wildman–Crippen LogP) is 6.94. The number of aryl methyl sites for hydroxylation is 2. The maximum Gasteiger partial charge on any atom is 0.328 e. The third kappa shape index (κ3) is 14.6. The van der Waals surface area contributed by atoms with Crippen molar-refractivity contribution in [2.75, 3.05) is 57.0 Å². The Morgan fingerprint density at radius 3 is 2.32 bits per heavy atom. The lowest BCUT2D eigenvalue weighted by Crippen LogP contribution is -2.51. The van der Waals surface area contributed by atoms with Crippen molar-refractivity contribution in [3.8, 4) is 5.75 Å². The molecule has 6 rings (SSSR count). The van der Waals surface area contributed by atoms with Crippen molar-refractivity contribution in [1.29, 1.82) is 0 Å². The highest BCUT2D eigenvalue weighted by atomic mass is 32.2. The highest BCUT2D eigenvalue weighted by molar-refractivity contribution is 7.92. The highest BCUT2D eigenvalue weighted by Gasteiger charge is 2.40. The summed E-state index contributed by atoms with van der Waals surface area (Å²) in [5.74, 6) is 0.183. The van der Waals surface area contributed by atoms with Crippen molar-refractivity contribution < 1.29 is 42.1 Å². The van der Waals surface area contributed by atoms with Gasteiger partial charge in [0.1, 0.15) is 17.7 Å². The van der Waals surface area contributed by atoms with Gasteiger partial charge in [0.25, 0.3) is 15.9 Å². The molecule has 3 heterocycles. The number of rotatable bonds is 28. The minimum absolute atomic E-state index is 0.0525. The molecule has 0 aliphatic carbocycles. The van der Waals surface area contributed by atoms with Crippen molar-refractivity contribution in [3.05, 3.63) is 118 Å². The first-order chi connectivity index (χ1) is 34.5. The van der Waals surface area contributed by atoms with E-state index in [1.807, 2.05) is 39.2 Å². The highest BCUT2D eigenvalue weighted by Crippen LogP contribution is 2.39. The van der Waals surface area contributed by atoms with Gasteiger partial charge in [0.05, 0.1) is 46.6 Å². The van der Waals surface area contributed by atoms with Gasteiger partial charge in [-0.25, -0.2) is 13.2 Å². The van der Waals surface area contributed by atoms with Crippen molar-refractivity contribution in [2.24, 2.45) is 14.1 Å². The molecule has 2 atom stereocenters. The zero-order valence-electron chi connectivity index (χ0n) is 42.6. The molecule has 0 bridgehead atoms. The van der Waals surface area contributed by atoms with Crippen LogP contribution in [0.3, 0.4) is 0 Å². The van der Waals surface area contributed by atoms with Crippen LogP contribution in [0.2, 0.25) is 0 Å². The van der Waals surface area contributed by atoms with Crippen LogP contribution in [0.25, 0.3) is 11.0 Å². The summed E-state index contributed by atoms with van der Waals surface area (Å²) in [5, 5.41) is 19.8. The number of anilines is 2. The number of piperidine rings is 1. The van der Waals surface area contributed by atoms with Gasteiger partial charge in [-0.2, -0.15) is 0 Å². The van der Waals surface area contributed by atoms with E-state index in [1.165, 1.54) is 27.3 Å². The number of imidazole rings is 1. The van der Waals surface area contributed by atoms with E-state index < -0.39 is 28.2 Å². The van der Waals surface area contributed by atoms with Gasteiger partial charge >= 0.3 is 5.69 Å². The van der Waals surface area contributed by atoms with Crippen LogP contribution in [0.1, 0.15) is 112 Å². The summed E-state index contributed by atoms with van der Waals surface area (Å²) in [7, 11) is 2.93. The van der Waals surface area contributed by atoms with Crippen LogP contribution in [-0.2, 0) is 49.7 Å². The van der Waals surface area contributed by atoms with Crippen LogP contribution < -0.4 is 31.1 Å². The van der Waals surface area contributed by atoms with E-state index in [4.69, 9.17) is 14.2 Å². The van der Waals surface area contributed by atoms with Gasteiger partial charge in [0.15, 0.2) is 5.75 Å². The third-order valence-corrected chi connectivity index (χ3v) is 14.0. The molecular weight excluding hydrogens is 941 g/mol. The van der Waals surface area contributed by atoms with E-state index in [-0.39, 0.29) is 51.6 Å². The number of aliphatic hydroxyl groups excluding tert-OH is 1. The first kappa shape index (κ1) is 54.9. The number of carbonyl (C=O) groups excluding carboxylic acids is 3. The molecule has 3 aromatic carbocycles. The normalized spacial score (nSPS) is 16.4. The molecule has 5 N–H and O–H groups in total. The Morgan fingerprint density at radius 1 is 0.889 bits per heavy atom. The number of sulfonamides is 1. The first-order valence-corrected chi connectivity index (χ1v) is 26.4. The number of ether oxygens (including phenoxy) is 3. The molecule has 2 aliphatic rings. The zero-order chi connectivity index (χ0) is 52.0. The van der Waals surface area contributed by atoms with Crippen molar-refractivity contribution >= 4 is 50.2 Å². The standard InChI is InChI=1S/C53H72N8O10S/c1-8-28-69-36(2)30-39(31-37(3)70-29-16-15-27-58(4)5)71-48-34-47-46(59(6)53(66)60(47)7)33-44(48)57-72(67,68)40-20-17-19-38(32-40)50(63)55-26-14-12-10-9-11-13-25-54-43-22-18-21-41-42(43)35-61(52(41)65)45-23-24-49(62)56-51(45)64/h17-22,30-34,45,52,54,57,65H,3,8-16,23-29,35H2,1-2,4-7H3,(H,55,63)(H,56,62,64)/b36-30+,39-31+. The van der Waals surface area contributed by atoms with Crippen LogP contribution in [-0.4, -0.2) is 103 Å². The van der Waals surface area contributed by atoms with Gasteiger partial charge in [0, 0.05) is 75.2 Å². The van der Waals surface area contributed by atoms with Crippen LogP contribution in [0.4, 0.5) is 11.4 Å². The smallest absolute Gasteiger partial charge is 0.328 e. The van der Waals surface area contributed by atoms with E-state index >= 15 is 0 Å². The Morgan fingerprint density at radius 2 is 1.60 bits per heavy atom. The Bertz CT molecular complexity index is 2820. The zero-order valence-corrected chi connectivity index (χ0v) is 43.4. The summed E-state index contributed by atoms with van der Waals surface area (Å²) < 4.78 is 52.0. The number of imide groups is 1. The van der Waals surface area contributed by atoms with Crippen molar-refractivity contribution in [1.82, 2.24) is 29.6 Å². The van der Waals surface area contributed by atoms with Gasteiger partial charge < -0.3 is 34.9 Å². The second-order valence-corrected chi connectivity index (χ2v) is 20.3. The van der Waals surface area contributed by atoms with E-state index in [0.29, 0.717) is 55.3 Å². The maximum absolute atomic E-state index is 14.1. The minimum atomic E-state index is -4.32. The topological polar surface area (TPSA) is 215 Å². The fourth-order valence-electron chi connectivity index (χ4n) is 8.76. The predicted molar refractivity (Wildman–Crippen MR) is 279 cm³/mol. The summed E-state index contributed by atoms with van der Waals surface area (Å²) in [6, 6.07) is 14.1. The molecule has 2 aliphatic heterocycles. The number of aliphatic hydroxyl groups is 1. The van der Waals surface area contributed by atoms with E-state index in [1.54, 1.807) is 56.3 Å². The Hall–Kier alpha value is -6.41. The molecule has 1 aromatic heterocycles. The number of nitrogens with zero attached hydrogens (tertiary/aromatic N) is 4. The van der Waals surface area contributed by atoms with Crippen molar-refractivity contribution in [3.63, 3.8) is 0 Å². The number of benzene rings is 3. The minimum Gasteiger partial charge on any atom is -0.498 e. The molecule has 390 valence electrons. The molecule has 3 amide bonds. The first-order valence-electron chi connectivity index (χ1n) is 24.9. The van der Waals surface area contributed by atoms with Gasteiger partial charge in [-0.05, 0) is 102 Å². The molecule has 72 heavy (non-hydrogen) atoms. The summed E-state index contributed by atoms with van der Waals surface area (Å²) >= 11 is 0. The summed E-state index contributed by atoms with van der Waals surface area (Å²) in [6.07, 6.45) is 11.1. The fraction of sp³-hybridized carbons (Fsp3) is 0.472. The molecule has 19 heteroatoms. The second-order valence-electron chi connectivity index (χ2n) is 18.6. The number of fused-ring (bicyclic) bond motifs is 2. The number of carbonyl (C=O) groups is 3. The van der Waals surface area contributed by atoms with Crippen LogP contribution in [0.5, 0.6) is 5.75 Å². The van der Waals surface area contributed by atoms with Gasteiger partial charge in [-0.15, -0.1) is 0 Å². The molecule has 4 aromatic rings. The summed E-state index contributed by atoms with van der Waals surface area (Å²) in [5.41, 5.74) is 3.55. The van der Waals surface area contributed by atoms with Gasteiger partial charge in [-0.1, -0.05) is 57.4 Å². The van der Waals surface area contributed by atoms with E-state index in [9.17, 15) is 32.7 Å². The number of nitrogens with one attached hydrogen (secondary N) is 4. The average molecular weight is 1010 g/mol. The lowest BCUT2D eigenvalue weighted by molar-refractivity contribution is -0.141. The van der Waals surface area contributed by atoms with E-state index in [2.05, 4.69) is 32.2 Å². The van der Waals surface area contributed by atoms with Crippen LogP contribution in [0, 0.1) is 0 Å². The average Bonchev–Trinajstić information content (AvgIpc) is 3.78. The largest absolute Gasteiger partial charge is 0.498 e. The fourth-order valence-corrected chi connectivity index (χ4v) is 9.87. The SMILES string of the molecule is C=C(/C=C(\C=C(/C)OCCC)Oc1cc2c(cc1NS(=O)(=O)c1cccc(C(=O)NCCCCCCCCNc3cccc4c3CN(C3CCC(=O)NC3=O)C4O)c1)n(C)c(=O)n2C)OCCCCN(C)C. The number of aromatic nitrogens is 2. The molecule has 18 nitrogen and oxygen atoms in total. The third-order valence-electron chi connectivity index (χ3n) is 12.7.